The van der Waals surface area contributed by atoms with Crippen LogP contribution in [-0.4, -0.2) is 60.8 Å². The number of amides is 2. The van der Waals surface area contributed by atoms with E-state index in [1.807, 2.05) is 0 Å². The summed E-state index contributed by atoms with van der Waals surface area (Å²) in [6.07, 6.45) is 3.09. The highest BCUT2D eigenvalue weighted by Crippen LogP contribution is 2.28. The SMILES string of the molecule is COc1ccc(OC(=O)c2ccccc2)c(C(=O)c2ccc(C(=O)N[C@@H]3CNC[C@H]3NC(=O)c3ccncc3)cc2)c1. The van der Waals surface area contributed by atoms with Crippen LogP contribution in [0.3, 0.4) is 0 Å². The lowest BCUT2D eigenvalue weighted by atomic mass is 10.0. The van der Waals surface area contributed by atoms with Crippen LogP contribution in [0.5, 0.6) is 11.5 Å². The van der Waals surface area contributed by atoms with Crippen LogP contribution < -0.4 is 25.4 Å². The quantitative estimate of drug-likeness (QED) is 0.160. The minimum Gasteiger partial charge on any atom is -0.497 e. The molecule has 2 amide bonds. The maximum absolute atomic E-state index is 13.5. The van der Waals surface area contributed by atoms with Crippen LogP contribution in [0.1, 0.15) is 47.0 Å². The number of methoxy groups -OCH3 is 1. The molecule has 10 nitrogen and oxygen atoms in total. The van der Waals surface area contributed by atoms with Crippen LogP contribution in [0.15, 0.2) is 97.3 Å². The van der Waals surface area contributed by atoms with Crippen molar-refractivity contribution in [2.45, 2.75) is 12.1 Å². The first-order valence-electron chi connectivity index (χ1n) is 13.3. The van der Waals surface area contributed by atoms with Gasteiger partial charge in [-0.05, 0) is 54.6 Å². The van der Waals surface area contributed by atoms with E-state index < -0.39 is 11.8 Å². The number of nitrogens with one attached hydrogen (secondary N) is 3. The molecule has 4 aromatic rings. The zero-order chi connectivity index (χ0) is 29.5. The molecule has 42 heavy (non-hydrogen) atoms. The molecule has 3 N–H and O–H groups in total. The van der Waals surface area contributed by atoms with Crippen molar-refractivity contribution < 1.29 is 28.7 Å². The number of rotatable bonds is 9. The van der Waals surface area contributed by atoms with Crippen LogP contribution in [0.25, 0.3) is 0 Å². The summed E-state index contributed by atoms with van der Waals surface area (Å²) in [6, 6.07) is 21.9. The summed E-state index contributed by atoms with van der Waals surface area (Å²) >= 11 is 0. The molecular formula is C32H28N4O6. The Labute approximate surface area is 242 Å². The van der Waals surface area contributed by atoms with Crippen molar-refractivity contribution in [2.24, 2.45) is 0 Å². The summed E-state index contributed by atoms with van der Waals surface area (Å²) in [6.45, 7) is 0.997. The van der Waals surface area contributed by atoms with Gasteiger partial charge in [-0.1, -0.05) is 30.3 Å². The Morgan fingerprint density at radius 3 is 1.95 bits per heavy atom. The molecule has 0 aliphatic carbocycles. The molecule has 2 atom stereocenters. The smallest absolute Gasteiger partial charge is 0.343 e. The molecule has 10 heteroatoms. The Bertz CT molecular complexity index is 1590. The van der Waals surface area contributed by atoms with E-state index in [1.54, 1.807) is 73.1 Å². The molecule has 0 bridgehead atoms. The van der Waals surface area contributed by atoms with E-state index in [1.165, 1.54) is 31.4 Å². The second-order valence-electron chi connectivity index (χ2n) is 9.58. The predicted octanol–water partition coefficient (Wildman–Crippen LogP) is 3.04. The minimum atomic E-state index is -0.599. The molecule has 5 rings (SSSR count). The van der Waals surface area contributed by atoms with E-state index in [0.29, 0.717) is 41.1 Å². The Kier molecular flexibility index (Phi) is 8.64. The highest BCUT2D eigenvalue weighted by atomic mass is 16.5. The fraction of sp³-hybridized carbons (Fsp3) is 0.156. The highest BCUT2D eigenvalue weighted by molar-refractivity contribution is 6.12. The van der Waals surface area contributed by atoms with E-state index >= 15 is 0 Å². The number of aromatic nitrogens is 1. The second kappa shape index (κ2) is 12.9. The van der Waals surface area contributed by atoms with Crippen LogP contribution in [0.2, 0.25) is 0 Å². The number of esters is 1. The molecule has 1 fully saturated rings. The molecule has 3 aromatic carbocycles. The van der Waals surface area contributed by atoms with Gasteiger partial charge in [-0.3, -0.25) is 19.4 Å². The lowest BCUT2D eigenvalue weighted by Crippen LogP contribution is -2.51. The molecule has 0 saturated carbocycles. The normalized spacial score (nSPS) is 15.8. The lowest BCUT2D eigenvalue weighted by Gasteiger charge is -2.21. The number of hydrogen-bond donors (Lipinski definition) is 3. The summed E-state index contributed by atoms with van der Waals surface area (Å²) in [5.41, 5.74) is 1.61. The van der Waals surface area contributed by atoms with Crippen molar-refractivity contribution in [2.75, 3.05) is 20.2 Å². The first kappa shape index (κ1) is 28.2. The average Bonchev–Trinajstić information content (AvgIpc) is 3.47. The zero-order valence-corrected chi connectivity index (χ0v) is 22.7. The molecular weight excluding hydrogens is 536 g/mol. The Balaban J connectivity index is 1.27. The molecule has 1 aliphatic rings. The maximum atomic E-state index is 13.5. The van der Waals surface area contributed by atoms with E-state index in [0.717, 1.165) is 0 Å². The third-order valence-corrected chi connectivity index (χ3v) is 6.84. The van der Waals surface area contributed by atoms with Gasteiger partial charge in [0.05, 0.1) is 30.3 Å². The van der Waals surface area contributed by atoms with Crippen molar-refractivity contribution in [3.05, 3.63) is 125 Å². The van der Waals surface area contributed by atoms with Crippen LogP contribution in [-0.2, 0) is 0 Å². The fourth-order valence-electron chi connectivity index (χ4n) is 4.55. The summed E-state index contributed by atoms with van der Waals surface area (Å²) in [7, 11) is 1.47. The van der Waals surface area contributed by atoms with E-state index in [2.05, 4.69) is 20.9 Å². The second-order valence-corrected chi connectivity index (χ2v) is 9.58. The Hall–Kier alpha value is -5.35. The third kappa shape index (κ3) is 6.51. The molecule has 1 saturated heterocycles. The van der Waals surface area contributed by atoms with E-state index in [-0.39, 0.29) is 35.2 Å². The maximum Gasteiger partial charge on any atom is 0.343 e. The lowest BCUT2D eigenvalue weighted by molar-refractivity contribution is 0.0732. The van der Waals surface area contributed by atoms with Crippen molar-refractivity contribution >= 4 is 23.6 Å². The van der Waals surface area contributed by atoms with Gasteiger partial charge in [0.1, 0.15) is 11.5 Å². The van der Waals surface area contributed by atoms with Crippen molar-refractivity contribution in [3.63, 3.8) is 0 Å². The van der Waals surface area contributed by atoms with Crippen LogP contribution in [0, 0.1) is 0 Å². The molecule has 1 aliphatic heterocycles. The predicted molar refractivity (Wildman–Crippen MR) is 154 cm³/mol. The number of pyridine rings is 1. The van der Waals surface area contributed by atoms with Crippen molar-refractivity contribution in [1.29, 1.82) is 0 Å². The number of nitrogens with zero attached hydrogens (tertiary/aromatic N) is 1. The Morgan fingerprint density at radius 2 is 1.33 bits per heavy atom. The topological polar surface area (TPSA) is 136 Å². The number of ether oxygens (including phenoxy) is 2. The van der Waals surface area contributed by atoms with Gasteiger partial charge in [-0.25, -0.2) is 4.79 Å². The minimum absolute atomic E-state index is 0.0880. The number of hydrogen-bond acceptors (Lipinski definition) is 8. The molecule has 0 radical (unpaired) electrons. The number of benzene rings is 3. The Morgan fingerprint density at radius 1 is 0.738 bits per heavy atom. The molecule has 2 heterocycles. The van der Waals surface area contributed by atoms with E-state index in [4.69, 9.17) is 9.47 Å². The molecule has 0 spiro atoms. The standard InChI is InChI=1S/C32H28N4O6/c1-41-24-11-12-28(42-32(40)23-5-3-2-4-6-23)25(17-24)29(37)20-7-9-21(10-8-20)30(38)35-26-18-34-19-27(26)36-31(39)22-13-15-33-16-14-22/h2-17,26-27,34H,18-19H2,1H3,(H,35,38)(H,36,39)/t26-,27-/m1/s1. The van der Waals surface area contributed by atoms with Gasteiger partial charge in [0.25, 0.3) is 11.8 Å². The summed E-state index contributed by atoms with van der Waals surface area (Å²) < 4.78 is 10.8. The van der Waals surface area contributed by atoms with Gasteiger partial charge in [0.2, 0.25) is 0 Å². The summed E-state index contributed by atoms with van der Waals surface area (Å²) in [4.78, 5) is 55.7. The van der Waals surface area contributed by atoms with Gasteiger partial charge in [0, 0.05) is 42.2 Å². The number of carbonyl (C=O) groups is 4. The fourth-order valence-corrected chi connectivity index (χ4v) is 4.55. The van der Waals surface area contributed by atoms with Crippen molar-refractivity contribution in [1.82, 2.24) is 20.9 Å². The average molecular weight is 565 g/mol. The number of ketones is 1. The first-order chi connectivity index (χ1) is 20.4. The number of carbonyl (C=O) groups excluding carboxylic acids is 4. The molecule has 0 unspecified atom stereocenters. The highest BCUT2D eigenvalue weighted by Gasteiger charge is 2.30. The van der Waals surface area contributed by atoms with Crippen LogP contribution >= 0.6 is 0 Å². The summed E-state index contributed by atoms with van der Waals surface area (Å²) in [5, 5.41) is 9.09. The largest absolute Gasteiger partial charge is 0.497 e. The van der Waals surface area contributed by atoms with Crippen molar-refractivity contribution in [3.8, 4) is 11.5 Å². The van der Waals surface area contributed by atoms with Gasteiger partial charge in [0.15, 0.2) is 5.78 Å². The molecule has 1 aromatic heterocycles. The zero-order valence-electron chi connectivity index (χ0n) is 22.7. The monoisotopic (exact) mass is 564 g/mol. The van der Waals surface area contributed by atoms with Gasteiger partial charge in [-0.2, -0.15) is 0 Å². The summed E-state index contributed by atoms with van der Waals surface area (Å²) in [5.74, 6) is -1.09. The first-order valence-corrected chi connectivity index (χ1v) is 13.3. The van der Waals surface area contributed by atoms with Gasteiger partial charge >= 0.3 is 5.97 Å². The van der Waals surface area contributed by atoms with Crippen LogP contribution in [0.4, 0.5) is 0 Å². The van der Waals surface area contributed by atoms with E-state index in [9.17, 15) is 19.2 Å². The van der Waals surface area contributed by atoms with Gasteiger partial charge in [-0.15, -0.1) is 0 Å². The van der Waals surface area contributed by atoms with Gasteiger partial charge < -0.3 is 25.4 Å². The molecule has 212 valence electrons. The third-order valence-electron chi connectivity index (χ3n) is 6.84.